The molecular formula is C22H18ClNO4. The highest BCUT2D eigenvalue weighted by Crippen LogP contribution is 2.35. The highest BCUT2D eigenvalue weighted by molar-refractivity contribution is 6.33. The standard InChI is InChI=1S/C22H18ClNO4/c23-17-11-14(13-6-2-1-3-7-13)10-16(20(17)25)22(27)24-18-12-28-19-9-5-4-8-15(19)21(18)26/h1-11,18,21,25-26H,12H2,(H,24,27). The summed E-state index contributed by atoms with van der Waals surface area (Å²) in [6, 6.07) is 19.1. The van der Waals surface area contributed by atoms with E-state index in [9.17, 15) is 15.0 Å². The van der Waals surface area contributed by atoms with Gasteiger partial charge < -0.3 is 20.3 Å². The summed E-state index contributed by atoms with van der Waals surface area (Å²) < 4.78 is 5.63. The summed E-state index contributed by atoms with van der Waals surface area (Å²) in [4.78, 5) is 12.8. The van der Waals surface area contributed by atoms with Gasteiger partial charge in [-0.05, 0) is 29.3 Å². The zero-order valence-electron chi connectivity index (χ0n) is 14.8. The van der Waals surface area contributed by atoms with Crippen molar-refractivity contribution in [3.05, 3.63) is 82.9 Å². The van der Waals surface area contributed by atoms with Crippen molar-refractivity contribution in [2.24, 2.45) is 0 Å². The van der Waals surface area contributed by atoms with Crippen molar-refractivity contribution in [2.45, 2.75) is 12.1 Å². The van der Waals surface area contributed by atoms with Crippen molar-refractivity contribution in [3.8, 4) is 22.6 Å². The third-order valence-electron chi connectivity index (χ3n) is 4.77. The number of hydrogen-bond donors (Lipinski definition) is 3. The third-order valence-corrected chi connectivity index (χ3v) is 5.06. The van der Waals surface area contributed by atoms with Gasteiger partial charge in [0.05, 0.1) is 16.6 Å². The summed E-state index contributed by atoms with van der Waals surface area (Å²) in [5.41, 5.74) is 2.23. The van der Waals surface area contributed by atoms with Crippen LogP contribution in [-0.2, 0) is 0 Å². The minimum absolute atomic E-state index is 0.0393. The van der Waals surface area contributed by atoms with E-state index < -0.39 is 18.1 Å². The van der Waals surface area contributed by atoms with Gasteiger partial charge in [0.15, 0.2) is 0 Å². The molecule has 5 nitrogen and oxygen atoms in total. The summed E-state index contributed by atoms with van der Waals surface area (Å²) >= 11 is 6.15. The Bertz CT molecular complexity index is 1020. The molecule has 6 heteroatoms. The molecule has 0 radical (unpaired) electrons. The van der Waals surface area contributed by atoms with Crippen molar-refractivity contribution in [3.63, 3.8) is 0 Å². The van der Waals surface area contributed by atoms with E-state index in [4.69, 9.17) is 16.3 Å². The van der Waals surface area contributed by atoms with Crippen LogP contribution in [0.25, 0.3) is 11.1 Å². The van der Waals surface area contributed by atoms with Crippen LogP contribution in [0.15, 0.2) is 66.7 Å². The number of carbonyl (C=O) groups is 1. The number of rotatable bonds is 3. The second-order valence-corrected chi connectivity index (χ2v) is 7.00. The number of halogens is 1. The van der Waals surface area contributed by atoms with E-state index in [2.05, 4.69) is 5.32 Å². The molecule has 0 saturated carbocycles. The molecule has 142 valence electrons. The number of fused-ring (bicyclic) bond motifs is 1. The summed E-state index contributed by atoms with van der Waals surface area (Å²) in [5, 5.41) is 23.7. The number of phenols is 1. The Hall–Kier alpha value is -3.02. The summed E-state index contributed by atoms with van der Waals surface area (Å²) in [6.07, 6.45) is -0.913. The maximum Gasteiger partial charge on any atom is 0.255 e. The van der Waals surface area contributed by atoms with Crippen molar-refractivity contribution >= 4 is 17.5 Å². The lowest BCUT2D eigenvalue weighted by atomic mass is 9.98. The van der Waals surface area contributed by atoms with E-state index in [0.717, 1.165) is 5.56 Å². The molecule has 0 bridgehead atoms. The zero-order chi connectivity index (χ0) is 19.7. The lowest BCUT2D eigenvalue weighted by molar-refractivity contribution is 0.0615. The van der Waals surface area contributed by atoms with Crippen LogP contribution < -0.4 is 10.1 Å². The topological polar surface area (TPSA) is 78.8 Å². The van der Waals surface area contributed by atoms with Crippen LogP contribution in [0.5, 0.6) is 11.5 Å². The number of aromatic hydroxyl groups is 1. The first-order chi connectivity index (χ1) is 13.5. The predicted molar refractivity (Wildman–Crippen MR) is 107 cm³/mol. The molecule has 3 aromatic carbocycles. The van der Waals surface area contributed by atoms with Gasteiger partial charge in [0.1, 0.15) is 24.2 Å². The van der Waals surface area contributed by atoms with E-state index >= 15 is 0 Å². The van der Waals surface area contributed by atoms with E-state index in [1.165, 1.54) is 0 Å². The Morgan fingerprint density at radius 1 is 1.04 bits per heavy atom. The van der Waals surface area contributed by atoms with Crippen LogP contribution in [0.3, 0.4) is 0 Å². The highest BCUT2D eigenvalue weighted by Gasteiger charge is 2.31. The maximum atomic E-state index is 12.8. The molecule has 2 unspecified atom stereocenters. The summed E-state index contributed by atoms with van der Waals surface area (Å²) in [7, 11) is 0. The molecule has 4 rings (SSSR count). The second-order valence-electron chi connectivity index (χ2n) is 6.59. The minimum Gasteiger partial charge on any atom is -0.506 e. The first kappa shape index (κ1) is 18.3. The third kappa shape index (κ3) is 3.42. The van der Waals surface area contributed by atoms with Gasteiger partial charge in [-0.1, -0.05) is 60.1 Å². The molecule has 2 atom stereocenters. The molecule has 3 aromatic rings. The molecule has 0 spiro atoms. The average Bonchev–Trinajstić information content (AvgIpc) is 2.72. The van der Waals surface area contributed by atoms with Gasteiger partial charge in [-0.25, -0.2) is 0 Å². The molecular weight excluding hydrogens is 378 g/mol. The average molecular weight is 396 g/mol. The van der Waals surface area contributed by atoms with Gasteiger partial charge >= 0.3 is 0 Å². The largest absolute Gasteiger partial charge is 0.506 e. The van der Waals surface area contributed by atoms with Gasteiger partial charge in [-0.3, -0.25) is 4.79 Å². The Morgan fingerprint density at radius 3 is 2.54 bits per heavy atom. The molecule has 3 N–H and O–H groups in total. The predicted octanol–water partition coefficient (Wildman–Crippen LogP) is 3.94. The monoisotopic (exact) mass is 395 g/mol. The van der Waals surface area contributed by atoms with Crippen LogP contribution in [0.4, 0.5) is 0 Å². The zero-order valence-corrected chi connectivity index (χ0v) is 15.6. The lowest BCUT2D eigenvalue weighted by Gasteiger charge is -2.30. The molecule has 0 aliphatic carbocycles. The Balaban J connectivity index is 1.61. The number of amides is 1. The van der Waals surface area contributed by atoms with Crippen molar-refractivity contribution in [1.29, 1.82) is 0 Å². The number of aliphatic hydroxyl groups excluding tert-OH is 1. The van der Waals surface area contributed by atoms with Crippen LogP contribution in [0.2, 0.25) is 5.02 Å². The number of para-hydroxylation sites is 1. The smallest absolute Gasteiger partial charge is 0.255 e. The maximum absolute atomic E-state index is 12.8. The van der Waals surface area contributed by atoms with E-state index in [-0.39, 0.29) is 22.9 Å². The SMILES string of the molecule is O=C(NC1COc2ccccc2C1O)c1cc(-c2ccccc2)cc(Cl)c1O. The molecule has 1 amide bonds. The van der Waals surface area contributed by atoms with Gasteiger partial charge in [-0.2, -0.15) is 0 Å². The van der Waals surface area contributed by atoms with Crippen LogP contribution in [0, 0.1) is 0 Å². The van der Waals surface area contributed by atoms with Gasteiger partial charge in [0.25, 0.3) is 5.91 Å². The molecule has 1 aliphatic heterocycles. The molecule has 0 saturated heterocycles. The van der Waals surface area contributed by atoms with Crippen LogP contribution >= 0.6 is 11.6 Å². The molecule has 1 aliphatic rings. The fourth-order valence-electron chi connectivity index (χ4n) is 3.28. The second kappa shape index (κ2) is 7.54. The Morgan fingerprint density at radius 2 is 1.75 bits per heavy atom. The molecule has 0 fully saturated rings. The normalized spacial score (nSPS) is 18.1. The molecule has 28 heavy (non-hydrogen) atoms. The first-order valence-corrected chi connectivity index (χ1v) is 9.21. The molecule has 0 aromatic heterocycles. The van der Waals surface area contributed by atoms with E-state index in [0.29, 0.717) is 16.9 Å². The quantitative estimate of drug-likeness (QED) is 0.627. The number of hydrogen-bond acceptors (Lipinski definition) is 4. The summed E-state index contributed by atoms with van der Waals surface area (Å²) in [5.74, 6) is -0.243. The lowest BCUT2D eigenvalue weighted by Crippen LogP contribution is -2.45. The number of carbonyl (C=O) groups excluding carboxylic acids is 1. The molecule has 1 heterocycles. The Kier molecular flexibility index (Phi) is 4.94. The highest BCUT2D eigenvalue weighted by atomic mass is 35.5. The number of nitrogens with one attached hydrogen (secondary N) is 1. The van der Waals surface area contributed by atoms with Crippen molar-refractivity contribution in [1.82, 2.24) is 5.32 Å². The van der Waals surface area contributed by atoms with Crippen LogP contribution in [-0.4, -0.2) is 28.8 Å². The van der Waals surface area contributed by atoms with Crippen LogP contribution in [0.1, 0.15) is 22.0 Å². The minimum atomic E-state index is -0.913. The number of phenolic OH excluding ortho intramolecular Hbond substituents is 1. The van der Waals surface area contributed by atoms with Gasteiger partial charge in [0.2, 0.25) is 0 Å². The van der Waals surface area contributed by atoms with E-state index in [1.807, 2.05) is 36.4 Å². The summed E-state index contributed by atoms with van der Waals surface area (Å²) in [6.45, 7) is 0.122. The number of aliphatic hydroxyl groups is 1. The number of ether oxygens (including phenoxy) is 1. The fraction of sp³-hybridized carbons (Fsp3) is 0.136. The fourth-order valence-corrected chi connectivity index (χ4v) is 3.50. The van der Waals surface area contributed by atoms with E-state index in [1.54, 1.807) is 30.3 Å². The number of benzene rings is 3. The van der Waals surface area contributed by atoms with Crippen molar-refractivity contribution < 1.29 is 19.7 Å². The first-order valence-electron chi connectivity index (χ1n) is 8.83. The van der Waals surface area contributed by atoms with Gasteiger partial charge in [-0.15, -0.1) is 0 Å². The Labute approximate surface area is 167 Å². The van der Waals surface area contributed by atoms with Crippen molar-refractivity contribution in [2.75, 3.05) is 6.61 Å². The van der Waals surface area contributed by atoms with Gasteiger partial charge in [0, 0.05) is 5.56 Å².